The summed E-state index contributed by atoms with van der Waals surface area (Å²) in [5.41, 5.74) is 3.01. The van der Waals surface area contributed by atoms with Crippen molar-refractivity contribution in [3.63, 3.8) is 0 Å². The zero-order valence-electron chi connectivity index (χ0n) is 8.13. The first kappa shape index (κ1) is 13.4. The second kappa shape index (κ2) is 4.70. The average Bonchev–Trinajstić information content (AvgIpc) is 2.18. The van der Waals surface area contributed by atoms with Gasteiger partial charge in [0, 0.05) is 5.56 Å². The molecule has 0 spiro atoms. The molecule has 1 aromatic rings. The number of ether oxygens (including phenoxy) is 1. The molecular formula is C8H7F5N2O2. The van der Waals surface area contributed by atoms with Crippen molar-refractivity contribution in [2.24, 2.45) is 0 Å². The molecule has 0 bridgehead atoms. The predicted octanol–water partition coefficient (Wildman–Crippen LogP) is 1.99. The smallest absolute Gasteiger partial charge is 0.402 e. The van der Waals surface area contributed by atoms with Crippen LogP contribution in [-0.2, 0) is 6.61 Å². The van der Waals surface area contributed by atoms with Crippen LogP contribution in [0, 0.1) is 0 Å². The lowest BCUT2D eigenvalue weighted by Gasteiger charge is -2.14. The zero-order chi connectivity index (χ0) is 13.2. The van der Waals surface area contributed by atoms with Crippen molar-refractivity contribution in [1.29, 1.82) is 0 Å². The van der Waals surface area contributed by atoms with Crippen LogP contribution < -0.4 is 10.5 Å². The molecule has 0 unspecified atom stereocenters. The van der Waals surface area contributed by atoms with Gasteiger partial charge in [0.2, 0.25) is 0 Å². The third-order valence-corrected chi connectivity index (χ3v) is 1.81. The monoisotopic (exact) mass is 258 g/mol. The van der Waals surface area contributed by atoms with E-state index in [0.717, 1.165) is 0 Å². The first-order chi connectivity index (χ1) is 7.76. The highest BCUT2D eigenvalue weighted by molar-refractivity contribution is 5.59. The number of pyridine rings is 1. The van der Waals surface area contributed by atoms with Gasteiger partial charge in [0.25, 0.3) is 6.43 Å². The van der Waals surface area contributed by atoms with Gasteiger partial charge >= 0.3 is 6.36 Å². The van der Waals surface area contributed by atoms with E-state index in [1.807, 2.05) is 0 Å². The van der Waals surface area contributed by atoms with Crippen molar-refractivity contribution >= 4 is 5.69 Å². The Bertz CT molecular complexity index is 408. The summed E-state index contributed by atoms with van der Waals surface area (Å²) in [6.45, 7) is -0.965. The molecule has 0 atom stereocenters. The van der Waals surface area contributed by atoms with Gasteiger partial charge < -0.3 is 15.6 Å². The van der Waals surface area contributed by atoms with E-state index < -0.39 is 42.1 Å². The highest BCUT2D eigenvalue weighted by Crippen LogP contribution is 2.34. The van der Waals surface area contributed by atoms with Gasteiger partial charge in [-0.2, -0.15) is 0 Å². The van der Waals surface area contributed by atoms with E-state index in [1.54, 1.807) is 0 Å². The summed E-state index contributed by atoms with van der Waals surface area (Å²) >= 11 is 0. The molecule has 0 aliphatic rings. The molecule has 0 saturated heterocycles. The predicted molar refractivity (Wildman–Crippen MR) is 46.2 cm³/mol. The third-order valence-electron chi connectivity index (χ3n) is 1.81. The number of anilines is 1. The van der Waals surface area contributed by atoms with Crippen LogP contribution >= 0.6 is 0 Å². The van der Waals surface area contributed by atoms with E-state index >= 15 is 0 Å². The van der Waals surface area contributed by atoms with E-state index in [0.29, 0.717) is 6.20 Å². The van der Waals surface area contributed by atoms with Crippen molar-refractivity contribution in [2.45, 2.75) is 19.4 Å². The Balaban J connectivity index is 3.20. The highest BCUT2D eigenvalue weighted by Gasteiger charge is 2.33. The number of aliphatic hydroxyl groups excluding tert-OH is 1. The number of hydrogen-bond acceptors (Lipinski definition) is 4. The maximum atomic E-state index is 12.4. The molecule has 3 N–H and O–H groups in total. The van der Waals surface area contributed by atoms with Gasteiger partial charge in [-0.05, 0) is 0 Å². The second-order valence-electron chi connectivity index (χ2n) is 2.91. The third kappa shape index (κ3) is 3.16. The van der Waals surface area contributed by atoms with Gasteiger partial charge in [-0.3, -0.25) is 4.98 Å². The molecule has 0 radical (unpaired) electrons. The molecular weight excluding hydrogens is 251 g/mol. The molecule has 17 heavy (non-hydrogen) atoms. The Morgan fingerprint density at radius 2 is 2.00 bits per heavy atom. The topological polar surface area (TPSA) is 68.4 Å². The lowest BCUT2D eigenvalue weighted by atomic mass is 10.1. The molecule has 96 valence electrons. The van der Waals surface area contributed by atoms with Crippen LogP contribution in [0.3, 0.4) is 0 Å². The van der Waals surface area contributed by atoms with Gasteiger partial charge in [0.15, 0.2) is 5.75 Å². The molecule has 1 rings (SSSR count). The summed E-state index contributed by atoms with van der Waals surface area (Å²) in [6, 6.07) is 0. The van der Waals surface area contributed by atoms with Crippen LogP contribution in [-0.4, -0.2) is 16.5 Å². The summed E-state index contributed by atoms with van der Waals surface area (Å²) in [7, 11) is 0. The van der Waals surface area contributed by atoms with Gasteiger partial charge in [-0.25, -0.2) is 8.78 Å². The van der Waals surface area contributed by atoms with E-state index in [1.165, 1.54) is 0 Å². The van der Waals surface area contributed by atoms with Crippen LogP contribution in [0.5, 0.6) is 5.75 Å². The van der Waals surface area contributed by atoms with Crippen molar-refractivity contribution in [3.05, 3.63) is 17.5 Å². The Morgan fingerprint density at radius 1 is 1.41 bits per heavy atom. The molecule has 1 heterocycles. The van der Waals surface area contributed by atoms with Crippen LogP contribution in [0.1, 0.15) is 17.7 Å². The minimum absolute atomic E-state index is 0.434. The SMILES string of the molecule is Nc1c(OC(F)(F)F)cnc(C(F)F)c1CO. The summed E-state index contributed by atoms with van der Waals surface area (Å²) in [4.78, 5) is 3.08. The maximum Gasteiger partial charge on any atom is 0.573 e. The van der Waals surface area contributed by atoms with Gasteiger partial charge in [-0.15, -0.1) is 13.2 Å². The Hall–Kier alpha value is -1.64. The molecule has 4 nitrogen and oxygen atoms in total. The molecule has 0 fully saturated rings. The number of hydrogen-bond donors (Lipinski definition) is 2. The minimum atomic E-state index is -5.02. The molecule has 0 aromatic carbocycles. The number of aromatic nitrogens is 1. The summed E-state index contributed by atoms with van der Waals surface area (Å²) < 4.78 is 63.9. The maximum absolute atomic E-state index is 12.4. The molecule has 1 aromatic heterocycles. The van der Waals surface area contributed by atoms with Crippen molar-refractivity contribution < 1.29 is 31.8 Å². The Labute approximate surface area is 91.8 Å². The number of nitrogens with two attached hydrogens (primary N) is 1. The standard InChI is InChI=1S/C8H7F5N2O2/c9-7(10)6-3(2-16)5(14)4(1-15-6)17-8(11,12)13/h1,7,16H,2H2,(H2,14,15). The lowest BCUT2D eigenvalue weighted by Crippen LogP contribution is -2.19. The Morgan fingerprint density at radius 3 is 2.41 bits per heavy atom. The van der Waals surface area contributed by atoms with E-state index in [-0.39, 0.29) is 0 Å². The van der Waals surface area contributed by atoms with Crippen LogP contribution in [0.4, 0.5) is 27.6 Å². The largest absolute Gasteiger partial charge is 0.573 e. The van der Waals surface area contributed by atoms with Crippen LogP contribution in [0.2, 0.25) is 0 Å². The van der Waals surface area contributed by atoms with E-state index in [2.05, 4.69) is 9.72 Å². The second-order valence-corrected chi connectivity index (χ2v) is 2.91. The van der Waals surface area contributed by atoms with E-state index in [4.69, 9.17) is 10.8 Å². The van der Waals surface area contributed by atoms with Crippen LogP contribution in [0.25, 0.3) is 0 Å². The summed E-state index contributed by atoms with van der Waals surface area (Å²) in [5.74, 6) is -0.925. The van der Waals surface area contributed by atoms with Gasteiger partial charge in [0.1, 0.15) is 5.69 Å². The average molecular weight is 258 g/mol. The fraction of sp³-hybridized carbons (Fsp3) is 0.375. The quantitative estimate of drug-likeness (QED) is 0.813. The molecule has 0 aliphatic carbocycles. The number of alkyl halides is 5. The summed E-state index contributed by atoms with van der Waals surface area (Å²) in [5, 5.41) is 8.78. The fourth-order valence-electron chi connectivity index (χ4n) is 1.12. The van der Waals surface area contributed by atoms with Gasteiger partial charge in [-0.1, -0.05) is 0 Å². The van der Waals surface area contributed by atoms with E-state index in [9.17, 15) is 22.0 Å². The molecule has 0 amide bonds. The number of nitrogen functional groups attached to an aromatic ring is 1. The lowest BCUT2D eigenvalue weighted by molar-refractivity contribution is -0.274. The fourth-order valence-corrected chi connectivity index (χ4v) is 1.12. The van der Waals surface area contributed by atoms with Crippen molar-refractivity contribution in [3.8, 4) is 5.75 Å². The number of halogens is 5. The minimum Gasteiger partial charge on any atom is -0.402 e. The molecule has 0 saturated carbocycles. The highest BCUT2D eigenvalue weighted by atomic mass is 19.4. The van der Waals surface area contributed by atoms with Crippen molar-refractivity contribution in [1.82, 2.24) is 4.98 Å². The number of nitrogens with zero attached hydrogens (tertiary/aromatic N) is 1. The first-order valence-electron chi connectivity index (χ1n) is 4.18. The zero-order valence-corrected chi connectivity index (χ0v) is 8.13. The summed E-state index contributed by atoms with van der Waals surface area (Å²) in [6.07, 6.45) is -7.64. The van der Waals surface area contributed by atoms with Crippen molar-refractivity contribution in [2.75, 3.05) is 5.73 Å². The Kier molecular flexibility index (Phi) is 3.71. The molecule has 0 aliphatic heterocycles. The molecule has 9 heteroatoms. The number of aliphatic hydroxyl groups is 1. The van der Waals surface area contributed by atoms with Crippen LogP contribution in [0.15, 0.2) is 6.20 Å². The first-order valence-corrected chi connectivity index (χ1v) is 4.18. The number of rotatable bonds is 3. The van der Waals surface area contributed by atoms with Gasteiger partial charge in [0.05, 0.1) is 18.5 Å². The normalized spacial score (nSPS) is 11.9.